The molecule has 2 heterocycles. The first-order chi connectivity index (χ1) is 17.5. The Bertz CT molecular complexity index is 1270. The molecule has 0 radical (unpaired) electrons. The van der Waals surface area contributed by atoms with Gasteiger partial charge in [-0.15, -0.1) is 0 Å². The third kappa shape index (κ3) is 7.25. The zero-order chi connectivity index (χ0) is 25.3. The van der Waals surface area contributed by atoms with Gasteiger partial charge in [0.25, 0.3) is 0 Å². The van der Waals surface area contributed by atoms with Crippen LogP contribution in [0.1, 0.15) is 34.5 Å². The Balaban J connectivity index is 1.40. The smallest absolute Gasteiger partial charge is 0.225 e. The predicted octanol–water partition coefficient (Wildman–Crippen LogP) is 5.27. The van der Waals surface area contributed by atoms with Crippen LogP contribution >= 0.6 is 0 Å². The van der Waals surface area contributed by atoms with Crippen molar-refractivity contribution < 1.29 is 13.9 Å². The topological polar surface area (TPSA) is 60.2 Å². The highest BCUT2D eigenvalue weighted by atomic mass is 19.1. The van der Waals surface area contributed by atoms with Crippen molar-refractivity contribution in [3.05, 3.63) is 113 Å². The third-order valence-electron chi connectivity index (χ3n) is 5.96. The van der Waals surface area contributed by atoms with E-state index in [-0.39, 0.29) is 11.7 Å². The van der Waals surface area contributed by atoms with Crippen LogP contribution in [0.4, 0.5) is 4.39 Å². The van der Waals surface area contributed by atoms with Gasteiger partial charge in [-0.05, 0) is 73.0 Å². The van der Waals surface area contributed by atoms with Crippen LogP contribution in [0.2, 0.25) is 0 Å². The first-order valence-electron chi connectivity index (χ1n) is 12.1. The molecule has 0 N–H and O–H groups in total. The van der Waals surface area contributed by atoms with E-state index in [2.05, 4.69) is 10.1 Å². The summed E-state index contributed by atoms with van der Waals surface area (Å²) in [6.07, 6.45) is 4.53. The molecule has 4 rings (SSSR count). The number of carbonyl (C=O) groups excluding carboxylic acids is 1. The van der Waals surface area contributed by atoms with Gasteiger partial charge < -0.3 is 9.64 Å². The van der Waals surface area contributed by atoms with Gasteiger partial charge in [0, 0.05) is 50.6 Å². The van der Waals surface area contributed by atoms with Crippen LogP contribution in [0.3, 0.4) is 0 Å². The summed E-state index contributed by atoms with van der Waals surface area (Å²) in [6.45, 7) is 5.94. The number of aromatic nitrogens is 3. The molecule has 0 saturated heterocycles. The number of aryl methyl sites for hydroxylation is 3. The molecule has 0 aliphatic heterocycles. The van der Waals surface area contributed by atoms with E-state index in [1.54, 1.807) is 24.5 Å². The van der Waals surface area contributed by atoms with Gasteiger partial charge in [-0.2, -0.15) is 5.10 Å². The van der Waals surface area contributed by atoms with Crippen LogP contribution in [0.15, 0.2) is 79.1 Å². The van der Waals surface area contributed by atoms with Gasteiger partial charge in [-0.3, -0.25) is 14.5 Å². The van der Waals surface area contributed by atoms with Crippen LogP contribution in [0.5, 0.6) is 5.75 Å². The molecule has 0 aliphatic carbocycles. The molecular formula is C29H31FN4O2. The molecule has 0 saturated carbocycles. The first-order valence-corrected chi connectivity index (χ1v) is 12.1. The van der Waals surface area contributed by atoms with Crippen molar-refractivity contribution in [2.45, 2.75) is 46.3 Å². The van der Waals surface area contributed by atoms with Gasteiger partial charge in [-0.25, -0.2) is 4.39 Å². The molecular weight excluding hydrogens is 455 g/mol. The molecule has 0 atom stereocenters. The largest absolute Gasteiger partial charge is 0.493 e. The van der Waals surface area contributed by atoms with E-state index in [1.165, 1.54) is 12.1 Å². The van der Waals surface area contributed by atoms with Crippen LogP contribution in [-0.4, -0.2) is 32.2 Å². The molecule has 2 aromatic heterocycles. The molecule has 2 aromatic carbocycles. The molecule has 4 aromatic rings. The molecule has 7 heteroatoms. The summed E-state index contributed by atoms with van der Waals surface area (Å²) in [4.78, 5) is 19.2. The third-order valence-corrected chi connectivity index (χ3v) is 5.96. The summed E-state index contributed by atoms with van der Waals surface area (Å²) in [7, 11) is 0. The van der Waals surface area contributed by atoms with E-state index in [1.807, 2.05) is 65.9 Å². The van der Waals surface area contributed by atoms with Crippen molar-refractivity contribution in [2.24, 2.45) is 0 Å². The van der Waals surface area contributed by atoms with Gasteiger partial charge >= 0.3 is 0 Å². The number of halogens is 1. The number of nitrogens with zero attached hydrogens (tertiary/aromatic N) is 4. The Hall–Kier alpha value is -4.00. The quantitative estimate of drug-likeness (QED) is 0.290. The van der Waals surface area contributed by atoms with E-state index >= 15 is 0 Å². The minimum atomic E-state index is -0.242. The molecule has 1 amide bonds. The number of benzene rings is 2. The number of amides is 1. The average molecular weight is 487 g/mol. The second kappa shape index (κ2) is 12.1. The molecule has 0 unspecified atom stereocenters. The molecule has 6 nitrogen and oxygen atoms in total. The molecule has 186 valence electrons. The van der Waals surface area contributed by atoms with E-state index < -0.39 is 0 Å². The second-order valence-corrected chi connectivity index (χ2v) is 8.88. The predicted molar refractivity (Wildman–Crippen MR) is 137 cm³/mol. The minimum absolute atomic E-state index is 0.0574. The molecule has 0 fully saturated rings. The minimum Gasteiger partial charge on any atom is -0.493 e. The fraction of sp³-hybridized carbons (Fsp3) is 0.276. The summed E-state index contributed by atoms with van der Waals surface area (Å²) < 4.78 is 20.9. The average Bonchev–Trinajstić information content (AvgIpc) is 3.21. The van der Waals surface area contributed by atoms with Gasteiger partial charge in [0.05, 0.1) is 12.3 Å². The highest BCUT2D eigenvalue weighted by Crippen LogP contribution is 2.18. The number of rotatable bonds is 11. The Morgan fingerprint density at radius 3 is 2.42 bits per heavy atom. The zero-order valence-corrected chi connectivity index (χ0v) is 20.7. The van der Waals surface area contributed by atoms with Crippen LogP contribution in [0, 0.1) is 19.7 Å². The number of carbonyl (C=O) groups is 1. The van der Waals surface area contributed by atoms with E-state index in [0.29, 0.717) is 39.1 Å². The summed E-state index contributed by atoms with van der Waals surface area (Å²) in [5.74, 6) is 0.559. The van der Waals surface area contributed by atoms with Gasteiger partial charge in [0.1, 0.15) is 11.6 Å². The van der Waals surface area contributed by atoms with Crippen molar-refractivity contribution in [1.82, 2.24) is 19.7 Å². The standard InChI is InChI=1S/C29H31FN4O2/c1-22-18-23(2)34(32-22)16-12-29(35)33(20-25-10-14-31-15-11-25)21-26-4-3-5-28(19-26)36-17-13-24-6-8-27(30)9-7-24/h3-11,14-15,18-19H,12-13,16-17,20-21H2,1-2H3. The van der Waals surface area contributed by atoms with Crippen LogP contribution < -0.4 is 4.74 Å². The van der Waals surface area contributed by atoms with Gasteiger partial charge in [0.15, 0.2) is 0 Å². The highest BCUT2D eigenvalue weighted by Gasteiger charge is 2.16. The Morgan fingerprint density at radius 1 is 0.944 bits per heavy atom. The van der Waals surface area contributed by atoms with Crippen molar-refractivity contribution >= 4 is 5.91 Å². The second-order valence-electron chi connectivity index (χ2n) is 8.88. The Morgan fingerprint density at radius 2 is 1.69 bits per heavy atom. The van der Waals surface area contributed by atoms with Crippen LogP contribution in [0.25, 0.3) is 0 Å². The van der Waals surface area contributed by atoms with E-state index in [9.17, 15) is 9.18 Å². The first kappa shape index (κ1) is 25.1. The van der Waals surface area contributed by atoms with Gasteiger partial charge in [0.2, 0.25) is 5.91 Å². The monoisotopic (exact) mass is 486 g/mol. The highest BCUT2D eigenvalue weighted by molar-refractivity contribution is 5.76. The molecule has 0 aliphatic rings. The lowest BCUT2D eigenvalue weighted by Gasteiger charge is -2.23. The molecule has 36 heavy (non-hydrogen) atoms. The maximum atomic E-state index is 13.3. The van der Waals surface area contributed by atoms with Crippen molar-refractivity contribution in [2.75, 3.05) is 6.61 Å². The number of hydrogen-bond donors (Lipinski definition) is 0. The van der Waals surface area contributed by atoms with E-state index in [0.717, 1.165) is 33.8 Å². The normalized spacial score (nSPS) is 10.9. The SMILES string of the molecule is Cc1cc(C)n(CCC(=O)N(Cc2ccncc2)Cc2cccc(OCCc3ccc(F)cc3)c2)n1. The maximum Gasteiger partial charge on any atom is 0.225 e. The number of ether oxygens (including phenoxy) is 1. The van der Waals surface area contributed by atoms with Crippen molar-refractivity contribution in [3.63, 3.8) is 0 Å². The fourth-order valence-electron chi connectivity index (χ4n) is 4.09. The van der Waals surface area contributed by atoms with Crippen molar-refractivity contribution in [1.29, 1.82) is 0 Å². The lowest BCUT2D eigenvalue weighted by Crippen LogP contribution is -2.31. The summed E-state index contributed by atoms with van der Waals surface area (Å²) >= 11 is 0. The fourth-order valence-corrected chi connectivity index (χ4v) is 4.09. The summed E-state index contributed by atoms with van der Waals surface area (Å²) in [6, 6.07) is 20.1. The Kier molecular flexibility index (Phi) is 8.44. The lowest BCUT2D eigenvalue weighted by atomic mass is 10.1. The molecule has 0 spiro atoms. The van der Waals surface area contributed by atoms with E-state index in [4.69, 9.17) is 4.74 Å². The lowest BCUT2D eigenvalue weighted by molar-refractivity contribution is -0.132. The zero-order valence-electron chi connectivity index (χ0n) is 20.7. The maximum absolute atomic E-state index is 13.3. The number of hydrogen-bond acceptors (Lipinski definition) is 4. The molecule has 0 bridgehead atoms. The van der Waals surface area contributed by atoms with Crippen LogP contribution in [-0.2, 0) is 30.8 Å². The van der Waals surface area contributed by atoms with Gasteiger partial charge in [-0.1, -0.05) is 24.3 Å². The number of pyridine rings is 1. The van der Waals surface area contributed by atoms with Crippen molar-refractivity contribution in [3.8, 4) is 5.75 Å². The summed E-state index contributed by atoms with van der Waals surface area (Å²) in [5, 5.41) is 4.48. The summed E-state index contributed by atoms with van der Waals surface area (Å²) in [5.41, 5.74) is 5.03. The Labute approximate surface area is 211 Å².